The zero-order valence-corrected chi connectivity index (χ0v) is 9.54. The monoisotopic (exact) mass is 278 g/mol. The van der Waals surface area contributed by atoms with Gasteiger partial charge in [-0.05, 0) is 30.5 Å². The number of hydrogen-bond acceptors (Lipinski definition) is 2. The van der Waals surface area contributed by atoms with Crippen LogP contribution in [0.3, 0.4) is 0 Å². The molecule has 1 aliphatic rings. The van der Waals surface area contributed by atoms with Gasteiger partial charge in [0, 0.05) is 0 Å². The summed E-state index contributed by atoms with van der Waals surface area (Å²) in [7, 11) is 0. The highest BCUT2D eigenvalue weighted by atomic mass is 19.4. The van der Waals surface area contributed by atoms with Crippen molar-refractivity contribution in [3.8, 4) is 0 Å². The molecule has 0 aliphatic heterocycles. The van der Waals surface area contributed by atoms with Crippen LogP contribution in [-0.2, 0) is 16.4 Å². The summed E-state index contributed by atoms with van der Waals surface area (Å²) in [4.78, 5) is 11.2. The molecular weight excluding hydrogens is 268 g/mol. The van der Waals surface area contributed by atoms with E-state index in [1.54, 1.807) is 0 Å². The summed E-state index contributed by atoms with van der Waals surface area (Å²) in [6.07, 6.45) is -5.92. The predicted molar refractivity (Wildman–Crippen MR) is 56.0 cm³/mol. The maximum atomic E-state index is 13.4. The number of carboxylic acids is 1. The molecule has 0 amide bonds. The molecule has 2 N–H and O–H groups in total. The number of hydrogen-bond donors (Lipinski definition) is 2. The highest BCUT2D eigenvalue weighted by Gasteiger charge is 2.51. The van der Waals surface area contributed by atoms with Crippen LogP contribution >= 0.6 is 0 Å². The fourth-order valence-corrected chi connectivity index (χ4v) is 2.32. The van der Waals surface area contributed by atoms with E-state index in [9.17, 15) is 27.5 Å². The Bertz CT molecular complexity index is 518. The van der Waals surface area contributed by atoms with Gasteiger partial charge in [0.15, 0.2) is 0 Å². The van der Waals surface area contributed by atoms with Crippen molar-refractivity contribution in [2.24, 2.45) is 0 Å². The topological polar surface area (TPSA) is 57.5 Å². The highest BCUT2D eigenvalue weighted by molar-refractivity contribution is 5.83. The number of halogens is 4. The lowest BCUT2D eigenvalue weighted by atomic mass is 9.62. The molecule has 0 radical (unpaired) electrons. The molecule has 7 heteroatoms. The van der Waals surface area contributed by atoms with Crippen molar-refractivity contribution in [3.05, 3.63) is 35.1 Å². The van der Waals surface area contributed by atoms with Crippen molar-refractivity contribution in [3.63, 3.8) is 0 Å². The lowest BCUT2D eigenvalue weighted by Gasteiger charge is -2.42. The molecule has 1 aromatic carbocycles. The van der Waals surface area contributed by atoms with Crippen LogP contribution in [0.5, 0.6) is 0 Å². The summed E-state index contributed by atoms with van der Waals surface area (Å²) in [5.74, 6) is -2.79. The third kappa shape index (κ3) is 2.18. The van der Waals surface area contributed by atoms with Crippen LogP contribution in [0.25, 0.3) is 0 Å². The maximum absolute atomic E-state index is 13.4. The first-order valence-corrected chi connectivity index (χ1v) is 5.45. The Hall–Kier alpha value is -1.63. The second kappa shape index (κ2) is 4.19. The van der Waals surface area contributed by atoms with Crippen LogP contribution in [0.1, 0.15) is 24.0 Å². The fourth-order valence-electron chi connectivity index (χ4n) is 2.32. The Morgan fingerprint density at radius 2 is 1.89 bits per heavy atom. The van der Waals surface area contributed by atoms with Crippen LogP contribution in [0.15, 0.2) is 18.2 Å². The number of aliphatic hydroxyl groups excluding tert-OH is 1. The van der Waals surface area contributed by atoms with E-state index in [1.165, 1.54) is 0 Å². The minimum atomic E-state index is -4.82. The molecule has 1 aromatic rings. The van der Waals surface area contributed by atoms with Gasteiger partial charge >= 0.3 is 12.1 Å². The molecule has 0 heterocycles. The summed E-state index contributed by atoms with van der Waals surface area (Å²) < 4.78 is 50.6. The van der Waals surface area contributed by atoms with E-state index in [-0.39, 0.29) is 18.4 Å². The van der Waals surface area contributed by atoms with E-state index < -0.39 is 35.0 Å². The summed E-state index contributed by atoms with van der Waals surface area (Å²) in [6.45, 7) is 0. The Morgan fingerprint density at radius 3 is 2.26 bits per heavy atom. The van der Waals surface area contributed by atoms with Crippen molar-refractivity contribution >= 4 is 5.97 Å². The Labute approximate surface area is 105 Å². The molecule has 2 rings (SSSR count). The van der Waals surface area contributed by atoms with Gasteiger partial charge in [-0.3, -0.25) is 4.79 Å². The standard InChI is InChI=1S/C12H10F4O3/c13-9-3-6(1-2-8(9)12(14,15)16)11(10(18)19)4-7(17)5-11/h1-3,7,17H,4-5H2,(H,18,19). The smallest absolute Gasteiger partial charge is 0.419 e. The largest absolute Gasteiger partial charge is 0.481 e. The quantitative estimate of drug-likeness (QED) is 0.816. The molecule has 1 fully saturated rings. The van der Waals surface area contributed by atoms with E-state index in [4.69, 9.17) is 5.11 Å². The number of rotatable bonds is 2. The van der Waals surface area contributed by atoms with Crippen molar-refractivity contribution in [1.82, 2.24) is 0 Å². The predicted octanol–water partition coefficient (Wildman–Crippen LogP) is 2.32. The van der Waals surface area contributed by atoms with E-state index in [0.717, 1.165) is 6.07 Å². The first kappa shape index (κ1) is 13.8. The minimum Gasteiger partial charge on any atom is -0.481 e. The zero-order chi connectivity index (χ0) is 14.4. The van der Waals surface area contributed by atoms with Crippen LogP contribution in [0.2, 0.25) is 0 Å². The van der Waals surface area contributed by atoms with Crippen LogP contribution in [0.4, 0.5) is 17.6 Å². The lowest BCUT2D eigenvalue weighted by Crippen LogP contribution is -2.50. The second-order valence-electron chi connectivity index (χ2n) is 4.64. The van der Waals surface area contributed by atoms with E-state index in [2.05, 4.69) is 0 Å². The SMILES string of the molecule is O=C(O)C1(c2ccc(C(F)(F)F)c(F)c2)CC(O)C1. The van der Waals surface area contributed by atoms with Gasteiger partial charge in [-0.2, -0.15) is 13.2 Å². The Morgan fingerprint density at radius 1 is 1.32 bits per heavy atom. The van der Waals surface area contributed by atoms with Crippen LogP contribution in [0, 0.1) is 5.82 Å². The van der Waals surface area contributed by atoms with Gasteiger partial charge in [0.25, 0.3) is 0 Å². The Balaban J connectivity index is 2.42. The molecule has 0 spiro atoms. The zero-order valence-electron chi connectivity index (χ0n) is 9.54. The first-order chi connectivity index (χ1) is 8.67. The number of aliphatic hydroxyl groups is 1. The van der Waals surface area contributed by atoms with Gasteiger partial charge in [0.2, 0.25) is 0 Å². The lowest BCUT2D eigenvalue weighted by molar-refractivity contribution is -0.152. The average molecular weight is 278 g/mol. The van der Waals surface area contributed by atoms with E-state index >= 15 is 0 Å². The highest BCUT2D eigenvalue weighted by Crippen LogP contribution is 2.45. The molecule has 0 unspecified atom stereocenters. The molecule has 0 aromatic heterocycles. The number of carboxylic acid groups (broad SMARTS) is 1. The van der Waals surface area contributed by atoms with Crippen LogP contribution < -0.4 is 0 Å². The third-order valence-electron chi connectivity index (χ3n) is 3.40. The van der Waals surface area contributed by atoms with Crippen molar-refractivity contribution in [2.45, 2.75) is 30.5 Å². The molecule has 104 valence electrons. The Kier molecular flexibility index (Phi) is 3.04. The molecule has 1 saturated carbocycles. The van der Waals surface area contributed by atoms with Crippen LogP contribution in [-0.4, -0.2) is 22.3 Å². The second-order valence-corrected chi connectivity index (χ2v) is 4.64. The molecule has 0 atom stereocenters. The molecule has 1 aliphatic carbocycles. The average Bonchev–Trinajstić information content (AvgIpc) is 2.21. The number of carbonyl (C=O) groups is 1. The van der Waals surface area contributed by atoms with E-state index in [1.807, 2.05) is 0 Å². The van der Waals surface area contributed by atoms with Crippen molar-refractivity contribution in [2.75, 3.05) is 0 Å². The van der Waals surface area contributed by atoms with Crippen molar-refractivity contribution in [1.29, 1.82) is 0 Å². The summed E-state index contributed by atoms with van der Waals surface area (Å²) in [6, 6.07) is 2.06. The van der Waals surface area contributed by atoms with Crippen molar-refractivity contribution < 1.29 is 32.6 Å². The molecular formula is C12H10F4O3. The molecule has 0 saturated heterocycles. The third-order valence-corrected chi connectivity index (χ3v) is 3.40. The van der Waals surface area contributed by atoms with Gasteiger partial charge in [-0.15, -0.1) is 0 Å². The van der Waals surface area contributed by atoms with E-state index in [0.29, 0.717) is 12.1 Å². The minimum absolute atomic E-state index is 0.0594. The molecule has 3 nitrogen and oxygen atoms in total. The summed E-state index contributed by atoms with van der Waals surface area (Å²) in [5.41, 5.74) is -2.99. The normalized spacial score (nSPS) is 26.9. The van der Waals surface area contributed by atoms with Gasteiger partial charge in [0.1, 0.15) is 5.82 Å². The molecule has 19 heavy (non-hydrogen) atoms. The number of alkyl halides is 3. The summed E-state index contributed by atoms with van der Waals surface area (Å²) >= 11 is 0. The van der Waals surface area contributed by atoms with Gasteiger partial charge < -0.3 is 10.2 Å². The molecule has 0 bridgehead atoms. The van der Waals surface area contributed by atoms with Gasteiger partial charge in [-0.1, -0.05) is 6.07 Å². The van der Waals surface area contributed by atoms with Gasteiger partial charge in [0.05, 0.1) is 17.1 Å². The summed E-state index contributed by atoms with van der Waals surface area (Å²) in [5, 5.41) is 18.3. The van der Waals surface area contributed by atoms with Gasteiger partial charge in [-0.25, -0.2) is 4.39 Å². The number of benzene rings is 1. The fraction of sp³-hybridized carbons (Fsp3) is 0.417. The number of aliphatic carboxylic acids is 1. The first-order valence-electron chi connectivity index (χ1n) is 5.45. The maximum Gasteiger partial charge on any atom is 0.419 e.